The fourth-order valence-electron chi connectivity index (χ4n) is 2.28. The standard InChI is InChI=1S/C15H20N2OS/c1-9-6-7-12(15(18-5)10(9)2)14(16-4)13-8-19-11(3)17-13/h6-8,14,16H,1-5H3. The highest BCUT2D eigenvalue weighted by Crippen LogP contribution is 2.34. The minimum absolute atomic E-state index is 0.0687. The first-order valence-electron chi connectivity index (χ1n) is 6.31. The predicted molar refractivity (Wildman–Crippen MR) is 80.2 cm³/mol. The number of rotatable bonds is 4. The first kappa shape index (κ1) is 14.0. The molecule has 0 spiro atoms. The van der Waals surface area contributed by atoms with E-state index in [0.717, 1.165) is 22.0 Å². The zero-order valence-corrected chi connectivity index (χ0v) is 12.9. The molecule has 2 aromatic rings. The molecule has 0 radical (unpaired) electrons. The zero-order valence-electron chi connectivity index (χ0n) is 12.1. The van der Waals surface area contributed by atoms with Gasteiger partial charge >= 0.3 is 0 Å². The molecule has 4 heteroatoms. The second-order valence-electron chi connectivity index (χ2n) is 4.64. The van der Waals surface area contributed by atoms with Gasteiger partial charge in [0.25, 0.3) is 0 Å². The highest BCUT2D eigenvalue weighted by molar-refractivity contribution is 7.09. The van der Waals surface area contributed by atoms with Gasteiger partial charge in [-0.25, -0.2) is 4.98 Å². The van der Waals surface area contributed by atoms with Gasteiger partial charge in [-0.2, -0.15) is 0 Å². The fraction of sp³-hybridized carbons (Fsp3) is 0.400. The Kier molecular flexibility index (Phi) is 4.22. The molecule has 1 aromatic heterocycles. The van der Waals surface area contributed by atoms with Crippen LogP contribution in [0.4, 0.5) is 0 Å². The van der Waals surface area contributed by atoms with Gasteiger partial charge in [0.05, 0.1) is 23.9 Å². The molecule has 102 valence electrons. The molecular weight excluding hydrogens is 256 g/mol. The molecule has 1 heterocycles. The smallest absolute Gasteiger partial charge is 0.127 e. The Morgan fingerprint density at radius 2 is 2.00 bits per heavy atom. The molecule has 0 aliphatic heterocycles. The Balaban J connectivity index is 2.52. The molecule has 0 saturated carbocycles. The van der Waals surface area contributed by atoms with Crippen molar-refractivity contribution in [2.45, 2.75) is 26.8 Å². The lowest BCUT2D eigenvalue weighted by Crippen LogP contribution is -2.19. The van der Waals surface area contributed by atoms with Crippen LogP contribution in [0.15, 0.2) is 17.5 Å². The summed E-state index contributed by atoms with van der Waals surface area (Å²) in [6, 6.07) is 4.33. The van der Waals surface area contributed by atoms with E-state index in [9.17, 15) is 0 Å². The Labute approximate surface area is 118 Å². The SMILES string of the molecule is CNC(c1csc(C)n1)c1ccc(C)c(C)c1OC. The van der Waals surface area contributed by atoms with Gasteiger partial charge in [0, 0.05) is 10.9 Å². The maximum Gasteiger partial charge on any atom is 0.127 e. The van der Waals surface area contributed by atoms with Crippen molar-refractivity contribution < 1.29 is 4.74 Å². The molecule has 1 unspecified atom stereocenters. The summed E-state index contributed by atoms with van der Waals surface area (Å²) < 4.78 is 5.60. The number of methoxy groups -OCH3 is 1. The average Bonchev–Trinajstić information content (AvgIpc) is 2.81. The van der Waals surface area contributed by atoms with Gasteiger partial charge in [-0.1, -0.05) is 12.1 Å². The first-order chi connectivity index (χ1) is 9.08. The lowest BCUT2D eigenvalue weighted by molar-refractivity contribution is 0.401. The number of hydrogen-bond donors (Lipinski definition) is 1. The average molecular weight is 276 g/mol. The summed E-state index contributed by atoms with van der Waals surface area (Å²) in [4.78, 5) is 4.59. The van der Waals surface area contributed by atoms with Crippen molar-refractivity contribution in [1.82, 2.24) is 10.3 Å². The molecule has 3 nitrogen and oxygen atoms in total. The van der Waals surface area contributed by atoms with E-state index in [0.29, 0.717) is 0 Å². The topological polar surface area (TPSA) is 34.2 Å². The number of thiazole rings is 1. The van der Waals surface area contributed by atoms with Crippen LogP contribution in [0, 0.1) is 20.8 Å². The van der Waals surface area contributed by atoms with Crippen molar-refractivity contribution >= 4 is 11.3 Å². The first-order valence-corrected chi connectivity index (χ1v) is 7.19. The number of nitrogens with one attached hydrogen (secondary N) is 1. The molecule has 0 bridgehead atoms. The summed E-state index contributed by atoms with van der Waals surface area (Å²) in [6.07, 6.45) is 0. The lowest BCUT2D eigenvalue weighted by Gasteiger charge is -2.20. The summed E-state index contributed by atoms with van der Waals surface area (Å²) in [6.45, 7) is 6.22. The molecule has 1 atom stereocenters. The summed E-state index contributed by atoms with van der Waals surface area (Å²) in [5.41, 5.74) is 4.61. The fourth-order valence-corrected chi connectivity index (χ4v) is 2.92. The van der Waals surface area contributed by atoms with Crippen molar-refractivity contribution in [2.75, 3.05) is 14.2 Å². The molecule has 19 heavy (non-hydrogen) atoms. The van der Waals surface area contributed by atoms with Gasteiger partial charge in [-0.3, -0.25) is 0 Å². The van der Waals surface area contributed by atoms with Crippen LogP contribution in [0.2, 0.25) is 0 Å². The third-order valence-electron chi connectivity index (χ3n) is 3.44. The Morgan fingerprint density at radius 1 is 1.26 bits per heavy atom. The van der Waals surface area contributed by atoms with Gasteiger partial charge in [0.15, 0.2) is 0 Å². The van der Waals surface area contributed by atoms with Crippen molar-refractivity contribution in [3.05, 3.63) is 44.9 Å². The van der Waals surface area contributed by atoms with E-state index in [1.54, 1.807) is 18.4 Å². The second kappa shape index (κ2) is 5.72. The molecule has 0 fully saturated rings. The summed E-state index contributed by atoms with van der Waals surface area (Å²) >= 11 is 1.67. The van der Waals surface area contributed by atoms with E-state index < -0.39 is 0 Å². The van der Waals surface area contributed by atoms with Gasteiger partial charge in [-0.05, 0) is 38.9 Å². The van der Waals surface area contributed by atoms with Crippen LogP contribution in [0.1, 0.15) is 33.4 Å². The molecule has 1 aromatic carbocycles. The second-order valence-corrected chi connectivity index (χ2v) is 5.71. The van der Waals surface area contributed by atoms with Crippen LogP contribution in [0.25, 0.3) is 0 Å². The van der Waals surface area contributed by atoms with Crippen molar-refractivity contribution in [1.29, 1.82) is 0 Å². The van der Waals surface area contributed by atoms with E-state index in [2.05, 4.69) is 41.7 Å². The van der Waals surface area contributed by atoms with Gasteiger partial charge in [0.2, 0.25) is 0 Å². The Morgan fingerprint density at radius 3 is 2.53 bits per heavy atom. The number of benzene rings is 1. The Hall–Kier alpha value is -1.39. The highest BCUT2D eigenvalue weighted by Gasteiger charge is 2.20. The van der Waals surface area contributed by atoms with Gasteiger partial charge < -0.3 is 10.1 Å². The maximum atomic E-state index is 5.60. The minimum atomic E-state index is 0.0687. The summed E-state index contributed by atoms with van der Waals surface area (Å²) in [7, 11) is 3.68. The Bertz CT molecular complexity index is 578. The van der Waals surface area contributed by atoms with Crippen LogP contribution in [-0.2, 0) is 0 Å². The van der Waals surface area contributed by atoms with Crippen LogP contribution >= 0.6 is 11.3 Å². The monoisotopic (exact) mass is 276 g/mol. The number of ether oxygens (including phenoxy) is 1. The van der Waals surface area contributed by atoms with Crippen LogP contribution in [-0.4, -0.2) is 19.1 Å². The van der Waals surface area contributed by atoms with E-state index in [-0.39, 0.29) is 6.04 Å². The van der Waals surface area contributed by atoms with Crippen LogP contribution in [0.3, 0.4) is 0 Å². The van der Waals surface area contributed by atoms with Gasteiger partial charge in [0.1, 0.15) is 5.75 Å². The molecule has 0 saturated heterocycles. The summed E-state index contributed by atoms with van der Waals surface area (Å²) in [5, 5.41) is 6.52. The normalized spacial score (nSPS) is 12.5. The number of aromatic nitrogens is 1. The molecule has 0 aliphatic rings. The number of hydrogen-bond acceptors (Lipinski definition) is 4. The molecule has 2 rings (SSSR count). The lowest BCUT2D eigenvalue weighted by atomic mass is 9.97. The minimum Gasteiger partial charge on any atom is -0.496 e. The van der Waals surface area contributed by atoms with Crippen molar-refractivity contribution in [3.8, 4) is 5.75 Å². The van der Waals surface area contributed by atoms with Crippen molar-refractivity contribution in [3.63, 3.8) is 0 Å². The number of aryl methyl sites for hydroxylation is 2. The molecule has 0 amide bonds. The largest absolute Gasteiger partial charge is 0.496 e. The van der Waals surface area contributed by atoms with E-state index in [1.165, 1.54) is 11.1 Å². The maximum absolute atomic E-state index is 5.60. The quantitative estimate of drug-likeness (QED) is 0.929. The third kappa shape index (κ3) is 2.65. The predicted octanol–water partition coefficient (Wildman–Crippen LogP) is 3.39. The molecule has 0 aliphatic carbocycles. The van der Waals surface area contributed by atoms with Crippen molar-refractivity contribution in [2.24, 2.45) is 0 Å². The van der Waals surface area contributed by atoms with Crippen LogP contribution < -0.4 is 10.1 Å². The van der Waals surface area contributed by atoms with E-state index >= 15 is 0 Å². The number of nitrogens with zero attached hydrogens (tertiary/aromatic N) is 1. The highest BCUT2D eigenvalue weighted by atomic mass is 32.1. The molecule has 1 N–H and O–H groups in total. The zero-order chi connectivity index (χ0) is 14.0. The third-order valence-corrected chi connectivity index (χ3v) is 4.24. The van der Waals surface area contributed by atoms with Gasteiger partial charge in [-0.15, -0.1) is 11.3 Å². The van der Waals surface area contributed by atoms with E-state index in [4.69, 9.17) is 4.74 Å². The summed E-state index contributed by atoms with van der Waals surface area (Å²) in [5.74, 6) is 0.949. The molecular formula is C15H20N2OS. The van der Waals surface area contributed by atoms with Crippen LogP contribution in [0.5, 0.6) is 5.75 Å². The van der Waals surface area contributed by atoms with E-state index in [1.807, 2.05) is 14.0 Å².